The van der Waals surface area contributed by atoms with E-state index >= 15 is 0 Å². The number of hydrogen-bond acceptors (Lipinski definition) is 0. The lowest BCUT2D eigenvalue weighted by Crippen LogP contribution is -2.12. The van der Waals surface area contributed by atoms with E-state index in [0.717, 1.165) is 12.8 Å². The quantitative estimate of drug-likeness (QED) is 0.257. The summed E-state index contributed by atoms with van der Waals surface area (Å²) < 4.78 is 0. The van der Waals surface area contributed by atoms with Crippen LogP contribution in [0.1, 0.15) is 76.3 Å². The molecule has 3 radical (unpaired) electrons. The fourth-order valence-electron chi connectivity index (χ4n) is 2.74. The Morgan fingerprint density at radius 2 is 1.39 bits per heavy atom. The molecule has 0 aliphatic carbocycles. The van der Waals surface area contributed by atoms with Gasteiger partial charge >= 0.3 is 0 Å². The molecule has 0 aliphatic rings. The lowest BCUT2D eigenvalue weighted by Gasteiger charge is -2.09. The van der Waals surface area contributed by atoms with Gasteiger partial charge in [0.1, 0.15) is 0 Å². The SMILES string of the molecule is CCCCCC=CCc1cccc([Si])c1CC=CCCCCC. The summed E-state index contributed by atoms with van der Waals surface area (Å²) in [5, 5.41) is 1.24. The molecular formula is C22H33Si. The molecule has 1 heteroatoms. The van der Waals surface area contributed by atoms with Crippen LogP contribution in [0.2, 0.25) is 0 Å². The molecule has 0 heterocycles. The van der Waals surface area contributed by atoms with E-state index in [1.54, 1.807) is 0 Å². The van der Waals surface area contributed by atoms with Crippen molar-refractivity contribution in [2.24, 2.45) is 0 Å². The maximum absolute atomic E-state index is 3.78. The van der Waals surface area contributed by atoms with Crippen molar-refractivity contribution in [3.05, 3.63) is 53.6 Å². The summed E-state index contributed by atoms with van der Waals surface area (Å²) in [5.41, 5.74) is 2.89. The van der Waals surface area contributed by atoms with Crippen molar-refractivity contribution in [3.8, 4) is 0 Å². The van der Waals surface area contributed by atoms with E-state index in [9.17, 15) is 0 Å². The van der Waals surface area contributed by atoms with Crippen molar-refractivity contribution >= 4 is 15.4 Å². The van der Waals surface area contributed by atoms with E-state index in [-0.39, 0.29) is 0 Å². The molecule has 0 saturated heterocycles. The smallest absolute Gasteiger partial charge is 0.0716 e. The molecule has 0 unspecified atom stereocenters. The van der Waals surface area contributed by atoms with Gasteiger partial charge in [-0.25, -0.2) is 0 Å². The van der Waals surface area contributed by atoms with Gasteiger partial charge in [-0.05, 0) is 49.7 Å². The molecule has 0 aromatic heterocycles. The summed E-state index contributed by atoms with van der Waals surface area (Å²) in [6.07, 6.45) is 21.8. The van der Waals surface area contributed by atoms with Crippen LogP contribution in [-0.4, -0.2) is 10.2 Å². The van der Waals surface area contributed by atoms with E-state index in [1.807, 2.05) is 0 Å². The van der Waals surface area contributed by atoms with Crippen molar-refractivity contribution in [1.82, 2.24) is 0 Å². The zero-order valence-corrected chi connectivity index (χ0v) is 16.1. The summed E-state index contributed by atoms with van der Waals surface area (Å²) in [6, 6.07) is 6.57. The van der Waals surface area contributed by atoms with Crippen molar-refractivity contribution in [2.75, 3.05) is 0 Å². The summed E-state index contributed by atoms with van der Waals surface area (Å²) in [6.45, 7) is 4.51. The molecule has 0 atom stereocenters. The third kappa shape index (κ3) is 8.95. The van der Waals surface area contributed by atoms with Gasteiger partial charge in [-0.15, -0.1) is 0 Å². The summed E-state index contributed by atoms with van der Waals surface area (Å²) in [7, 11) is 3.78. The minimum atomic E-state index is 1.03. The van der Waals surface area contributed by atoms with Crippen molar-refractivity contribution in [3.63, 3.8) is 0 Å². The van der Waals surface area contributed by atoms with Gasteiger partial charge in [-0.2, -0.15) is 0 Å². The van der Waals surface area contributed by atoms with E-state index in [4.69, 9.17) is 0 Å². The van der Waals surface area contributed by atoms with Gasteiger partial charge in [-0.3, -0.25) is 0 Å². The Balaban J connectivity index is 2.51. The second-order valence-electron chi connectivity index (χ2n) is 6.29. The predicted octanol–water partition coefficient (Wildman–Crippen LogP) is 5.84. The standard InChI is InChI=1S/C22H33Si/c1-3-5-7-9-11-13-16-20-17-15-19-22(23)21(20)18-14-12-10-8-6-4-2/h11-15,17,19H,3-10,16,18H2,1-2H3. The molecule has 0 nitrogen and oxygen atoms in total. The monoisotopic (exact) mass is 325 g/mol. The fraction of sp³-hybridized carbons (Fsp3) is 0.545. The van der Waals surface area contributed by atoms with Crippen LogP contribution in [0.5, 0.6) is 0 Å². The molecule has 0 fully saturated rings. The second-order valence-corrected chi connectivity index (χ2v) is 6.82. The van der Waals surface area contributed by atoms with Gasteiger partial charge in [0, 0.05) is 0 Å². The van der Waals surface area contributed by atoms with Crippen LogP contribution >= 0.6 is 0 Å². The molecule has 0 spiro atoms. The first-order chi connectivity index (χ1) is 11.3. The Morgan fingerprint density at radius 1 is 0.783 bits per heavy atom. The average molecular weight is 326 g/mol. The summed E-state index contributed by atoms with van der Waals surface area (Å²) in [5.74, 6) is 0. The van der Waals surface area contributed by atoms with Crippen molar-refractivity contribution in [2.45, 2.75) is 78.1 Å². The van der Waals surface area contributed by atoms with Gasteiger partial charge in [0.2, 0.25) is 0 Å². The number of hydrogen-bond donors (Lipinski definition) is 0. The predicted molar refractivity (Wildman–Crippen MR) is 106 cm³/mol. The largest absolute Gasteiger partial charge is 0.0882 e. The van der Waals surface area contributed by atoms with Crippen LogP contribution in [-0.2, 0) is 12.8 Å². The maximum Gasteiger partial charge on any atom is 0.0716 e. The zero-order valence-electron chi connectivity index (χ0n) is 15.1. The van der Waals surface area contributed by atoms with Crippen LogP contribution in [0.25, 0.3) is 0 Å². The molecule has 0 saturated carbocycles. The van der Waals surface area contributed by atoms with Crippen molar-refractivity contribution in [1.29, 1.82) is 0 Å². The highest BCUT2D eigenvalue weighted by Gasteiger charge is 2.02. The molecule has 0 aliphatic heterocycles. The van der Waals surface area contributed by atoms with E-state index in [0.29, 0.717) is 0 Å². The Labute approximate surface area is 147 Å². The second kappa shape index (κ2) is 13.4. The van der Waals surface area contributed by atoms with E-state index in [1.165, 1.54) is 67.7 Å². The number of rotatable bonds is 12. The Kier molecular flexibility index (Phi) is 11.6. The van der Waals surface area contributed by atoms with Gasteiger partial charge in [0.05, 0.1) is 10.2 Å². The van der Waals surface area contributed by atoms with Crippen LogP contribution in [0, 0.1) is 0 Å². The number of allylic oxidation sites excluding steroid dienone is 4. The average Bonchev–Trinajstić information content (AvgIpc) is 2.56. The van der Waals surface area contributed by atoms with Gasteiger partial charge < -0.3 is 0 Å². The van der Waals surface area contributed by atoms with Crippen LogP contribution in [0.4, 0.5) is 0 Å². The third-order valence-electron chi connectivity index (χ3n) is 4.21. The van der Waals surface area contributed by atoms with Crippen LogP contribution < -0.4 is 5.19 Å². The molecule has 0 N–H and O–H groups in total. The first-order valence-corrected chi connectivity index (χ1v) is 9.91. The molecule has 1 rings (SSSR count). The van der Waals surface area contributed by atoms with Crippen molar-refractivity contribution < 1.29 is 0 Å². The Hall–Kier alpha value is -1.08. The molecule has 23 heavy (non-hydrogen) atoms. The molecule has 125 valence electrons. The first kappa shape index (κ1) is 20.0. The maximum atomic E-state index is 3.78. The van der Waals surface area contributed by atoms with Crippen LogP contribution in [0.3, 0.4) is 0 Å². The van der Waals surface area contributed by atoms with Gasteiger partial charge in [0.25, 0.3) is 0 Å². The minimum absolute atomic E-state index is 1.03. The number of unbranched alkanes of at least 4 members (excludes halogenated alkanes) is 6. The summed E-state index contributed by atoms with van der Waals surface area (Å²) >= 11 is 0. The highest BCUT2D eigenvalue weighted by molar-refractivity contribution is 6.33. The number of benzene rings is 1. The lowest BCUT2D eigenvalue weighted by molar-refractivity contribution is 0.728. The highest BCUT2D eigenvalue weighted by Crippen LogP contribution is 2.11. The lowest BCUT2D eigenvalue weighted by atomic mass is 10.0. The van der Waals surface area contributed by atoms with E-state index < -0.39 is 0 Å². The first-order valence-electron chi connectivity index (χ1n) is 9.41. The highest BCUT2D eigenvalue weighted by atomic mass is 28.1. The third-order valence-corrected chi connectivity index (χ3v) is 4.68. The van der Waals surface area contributed by atoms with Gasteiger partial charge in [0.15, 0.2) is 0 Å². The summed E-state index contributed by atoms with van der Waals surface area (Å²) in [4.78, 5) is 0. The Bertz CT molecular complexity index is 471. The van der Waals surface area contributed by atoms with Crippen LogP contribution in [0.15, 0.2) is 42.5 Å². The molecule has 1 aromatic carbocycles. The minimum Gasteiger partial charge on any atom is -0.0882 e. The zero-order chi connectivity index (χ0) is 16.8. The van der Waals surface area contributed by atoms with Gasteiger partial charge in [-0.1, -0.05) is 87.2 Å². The Morgan fingerprint density at radius 3 is 2.00 bits per heavy atom. The molecule has 0 amide bonds. The van der Waals surface area contributed by atoms with E-state index in [2.05, 4.69) is 66.6 Å². The topological polar surface area (TPSA) is 0 Å². The fourth-order valence-corrected chi connectivity index (χ4v) is 3.10. The molecule has 0 bridgehead atoms. The molecular weight excluding hydrogens is 292 g/mol. The molecule has 1 aromatic rings. The normalized spacial score (nSPS) is 11.8.